The lowest BCUT2D eigenvalue weighted by Gasteiger charge is -2.10. The molecule has 2 N–H and O–H groups in total. The molecule has 0 unspecified atom stereocenters. The standard InChI is InChI=1S/C24H24N6O2/c1-14-19(15-8-16-12-28-22(25-2)10-20(16)27-11-15)9-17(13-26-14)29-24(31)23-18-6-4-3-5-7-21(18)32-30-23/h8-13H,3-7H2,1-2H3,(H,25,28)(H,29,31). The molecule has 4 aromatic rings. The van der Waals surface area contributed by atoms with E-state index in [1.165, 1.54) is 0 Å². The second kappa shape index (κ2) is 8.37. The van der Waals surface area contributed by atoms with Crippen LogP contribution < -0.4 is 10.6 Å². The molecule has 1 amide bonds. The van der Waals surface area contributed by atoms with E-state index in [-0.39, 0.29) is 5.91 Å². The molecule has 0 radical (unpaired) electrons. The summed E-state index contributed by atoms with van der Waals surface area (Å²) in [6.07, 6.45) is 10.2. The maximum absolute atomic E-state index is 12.9. The van der Waals surface area contributed by atoms with Crippen LogP contribution in [0.5, 0.6) is 0 Å². The number of aryl methyl sites for hydroxylation is 2. The van der Waals surface area contributed by atoms with Crippen molar-refractivity contribution in [2.24, 2.45) is 0 Å². The van der Waals surface area contributed by atoms with Gasteiger partial charge in [0.1, 0.15) is 11.6 Å². The molecule has 0 saturated heterocycles. The zero-order valence-corrected chi connectivity index (χ0v) is 18.1. The number of aromatic nitrogens is 4. The summed E-state index contributed by atoms with van der Waals surface area (Å²) >= 11 is 0. The number of carbonyl (C=O) groups is 1. The molecule has 8 heteroatoms. The molecule has 4 aromatic heterocycles. The Hall–Kier alpha value is -3.81. The van der Waals surface area contributed by atoms with Crippen molar-refractivity contribution in [1.29, 1.82) is 0 Å². The molecule has 1 aliphatic carbocycles. The van der Waals surface area contributed by atoms with E-state index >= 15 is 0 Å². The number of carbonyl (C=O) groups excluding carboxylic acids is 1. The Morgan fingerprint density at radius 3 is 2.75 bits per heavy atom. The summed E-state index contributed by atoms with van der Waals surface area (Å²) in [5.74, 6) is 1.34. The molecule has 0 saturated carbocycles. The van der Waals surface area contributed by atoms with Gasteiger partial charge in [0.05, 0.1) is 17.4 Å². The van der Waals surface area contributed by atoms with Crippen LogP contribution in [0.2, 0.25) is 0 Å². The Labute approximate surface area is 185 Å². The van der Waals surface area contributed by atoms with E-state index in [4.69, 9.17) is 4.52 Å². The zero-order valence-electron chi connectivity index (χ0n) is 18.1. The highest BCUT2D eigenvalue weighted by Gasteiger charge is 2.23. The van der Waals surface area contributed by atoms with Gasteiger partial charge in [0.15, 0.2) is 5.69 Å². The Bertz CT molecular complexity index is 1310. The van der Waals surface area contributed by atoms with E-state index in [2.05, 4.69) is 30.7 Å². The topological polar surface area (TPSA) is 106 Å². The Kier molecular flexibility index (Phi) is 5.26. The maximum atomic E-state index is 12.9. The van der Waals surface area contributed by atoms with Gasteiger partial charge >= 0.3 is 0 Å². The highest BCUT2D eigenvalue weighted by Crippen LogP contribution is 2.28. The van der Waals surface area contributed by atoms with Gasteiger partial charge in [-0.15, -0.1) is 0 Å². The van der Waals surface area contributed by atoms with Crippen molar-refractivity contribution in [2.75, 3.05) is 17.7 Å². The molecular weight excluding hydrogens is 404 g/mol. The molecule has 1 aliphatic rings. The number of rotatable bonds is 4. The number of fused-ring (bicyclic) bond motifs is 2. The Balaban J connectivity index is 1.44. The summed E-state index contributed by atoms with van der Waals surface area (Å²) in [6, 6.07) is 5.85. The molecule has 5 rings (SSSR count). The van der Waals surface area contributed by atoms with Crippen LogP contribution in [-0.2, 0) is 12.8 Å². The van der Waals surface area contributed by atoms with Crippen LogP contribution in [0.25, 0.3) is 22.0 Å². The summed E-state index contributed by atoms with van der Waals surface area (Å²) in [7, 11) is 1.83. The summed E-state index contributed by atoms with van der Waals surface area (Å²) in [5.41, 5.74) is 5.43. The number of anilines is 2. The fourth-order valence-electron chi connectivity index (χ4n) is 4.13. The highest BCUT2D eigenvalue weighted by molar-refractivity contribution is 6.04. The van der Waals surface area contributed by atoms with Gasteiger partial charge in [-0.25, -0.2) is 4.98 Å². The van der Waals surface area contributed by atoms with Gasteiger partial charge in [0, 0.05) is 59.7 Å². The minimum atomic E-state index is -0.270. The molecular formula is C24H24N6O2. The first-order valence-electron chi connectivity index (χ1n) is 10.8. The van der Waals surface area contributed by atoms with Crippen molar-refractivity contribution in [3.63, 3.8) is 0 Å². The fourth-order valence-corrected chi connectivity index (χ4v) is 4.13. The largest absolute Gasteiger partial charge is 0.373 e. The molecule has 162 valence electrons. The molecule has 0 spiro atoms. The van der Waals surface area contributed by atoms with Crippen molar-refractivity contribution in [3.8, 4) is 11.1 Å². The summed E-state index contributed by atoms with van der Waals surface area (Å²) < 4.78 is 5.45. The van der Waals surface area contributed by atoms with Crippen LogP contribution in [-0.4, -0.2) is 33.1 Å². The third-order valence-electron chi connectivity index (χ3n) is 5.89. The normalized spacial score (nSPS) is 13.4. The van der Waals surface area contributed by atoms with Crippen LogP contribution in [0.4, 0.5) is 11.5 Å². The molecule has 0 atom stereocenters. The summed E-state index contributed by atoms with van der Waals surface area (Å²) in [6.45, 7) is 1.94. The second-order valence-corrected chi connectivity index (χ2v) is 8.04. The molecule has 0 fully saturated rings. The first-order chi connectivity index (χ1) is 15.6. The molecule has 0 aliphatic heterocycles. The smallest absolute Gasteiger partial charge is 0.278 e. The molecule has 4 heterocycles. The van der Waals surface area contributed by atoms with E-state index < -0.39 is 0 Å². The van der Waals surface area contributed by atoms with E-state index in [0.717, 1.165) is 77.0 Å². The van der Waals surface area contributed by atoms with E-state index in [0.29, 0.717) is 11.4 Å². The van der Waals surface area contributed by atoms with Crippen LogP contribution in [0.1, 0.15) is 46.8 Å². The van der Waals surface area contributed by atoms with Gasteiger partial charge in [0.25, 0.3) is 5.91 Å². The lowest BCUT2D eigenvalue weighted by atomic mass is 10.0. The fraction of sp³-hybridized carbons (Fsp3) is 0.292. The molecule has 8 nitrogen and oxygen atoms in total. The van der Waals surface area contributed by atoms with Crippen molar-refractivity contribution in [3.05, 3.63) is 59.5 Å². The number of nitrogens with zero attached hydrogens (tertiary/aromatic N) is 4. The third kappa shape index (κ3) is 3.79. The van der Waals surface area contributed by atoms with Crippen molar-refractivity contribution in [2.45, 2.75) is 39.0 Å². The molecule has 0 aromatic carbocycles. The van der Waals surface area contributed by atoms with Crippen LogP contribution in [0, 0.1) is 6.92 Å². The Morgan fingerprint density at radius 2 is 1.88 bits per heavy atom. The van der Waals surface area contributed by atoms with Gasteiger partial charge in [-0.3, -0.25) is 14.8 Å². The number of hydrogen-bond donors (Lipinski definition) is 2. The van der Waals surface area contributed by atoms with Gasteiger partial charge < -0.3 is 15.2 Å². The van der Waals surface area contributed by atoms with Crippen LogP contribution >= 0.6 is 0 Å². The number of pyridine rings is 3. The van der Waals surface area contributed by atoms with Crippen LogP contribution in [0.15, 0.2) is 41.3 Å². The average molecular weight is 428 g/mol. The zero-order chi connectivity index (χ0) is 22.1. The van der Waals surface area contributed by atoms with E-state index in [1.807, 2.05) is 38.4 Å². The van der Waals surface area contributed by atoms with Gasteiger partial charge in [-0.05, 0) is 38.3 Å². The lowest BCUT2D eigenvalue weighted by Crippen LogP contribution is -2.15. The monoisotopic (exact) mass is 428 g/mol. The predicted octanol–water partition coefficient (Wildman–Crippen LogP) is 4.55. The predicted molar refractivity (Wildman–Crippen MR) is 123 cm³/mol. The van der Waals surface area contributed by atoms with Crippen molar-refractivity contribution in [1.82, 2.24) is 20.1 Å². The molecule has 32 heavy (non-hydrogen) atoms. The second-order valence-electron chi connectivity index (χ2n) is 8.04. The van der Waals surface area contributed by atoms with Crippen molar-refractivity contribution < 1.29 is 9.32 Å². The number of amides is 1. The lowest BCUT2D eigenvalue weighted by molar-refractivity contribution is 0.101. The van der Waals surface area contributed by atoms with Crippen molar-refractivity contribution >= 4 is 28.3 Å². The SMILES string of the molecule is CNc1cc2ncc(-c3cc(NC(=O)c4noc5c4CCCCC5)cnc3C)cc2cn1. The van der Waals surface area contributed by atoms with E-state index in [9.17, 15) is 4.79 Å². The first kappa shape index (κ1) is 20.1. The Morgan fingerprint density at radius 1 is 1.00 bits per heavy atom. The third-order valence-corrected chi connectivity index (χ3v) is 5.89. The first-order valence-corrected chi connectivity index (χ1v) is 10.8. The highest BCUT2D eigenvalue weighted by atomic mass is 16.5. The minimum Gasteiger partial charge on any atom is -0.373 e. The summed E-state index contributed by atoms with van der Waals surface area (Å²) in [4.78, 5) is 26.4. The van der Waals surface area contributed by atoms with E-state index in [1.54, 1.807) is 12.4 Å². The summed E-state index contributed by atoms with van der Waals surface area (Å²) in [5, 5.41) is 10.9. The maximum Gasteiger partial charge on any atom is 0.278 e. The minimum absolute atomic E-state index is 0.270. The quantitative estimate of drug-likeness (QED) is 0.459. The number of nitrogens with one attached hydrogen (secondary N) is 2. The van der Waals surface area contributed by atoms with Gasteiger partial charge in [0.2, 0.25) is 0 Å². The van der Waals surface area contributed by atoms with Gasteiger partial charge in [-0.2, -0.15) is 0 Å². The van der Waals surface area contributed by atoms with Gasteiger partial charge in [-0.1, -0.05) is 11.6 Å². The molecule has 0 bridgehead atoms. The number of hydrogen-bond acceptors (Lipinski definition) is 7. The van der Waals surface area contributed by atoms with Crippen LogP contribution in [0.3, 0.4) is 0 Å². The average Bonchev–Trinajstić information content (AvgIpc) is 3.08.